The molecule has 0 fully saturated rings. The minimum absolute atomic E-state index is 0. The van der Waals surface area contributed by atoms with Gasteiger partial charge in [-0.15, -0.1) is 0 Å². The molecule has 30 valence electrons. The van der Waals surface area contributed by atoms with Crippen molar-refractivity contribution in [1.29, 1.82) is 0 Å². The van der Waals surface area contributed by atoms with Gasteiger partial charge in [0, 0.05) is 0 Å². The van der Waals surface area contributed by atoms with Crippen molar-refractivity contribution in [2.75, 3.05) is 0 Å². The van der Waals surface area contributed by atoms with E-state index in [1.54, 1.807) is 0 Å². The van der Waals surface area contributed by atoms with Crippen LogP contribution in [0.3, 0.4) is 0 Å². The molecular weight excluding hydrogens is 142 g/mol. The van der Waals surface area contributed by atoms with Crippen LogP contribution < -0.4 is 0 Å². The van der Waals surface area contributed by atoms with Crippen LogP contribution in [0.4, 0.5) is 0 Å². The number of hydrogen-bond acceptors (Lipinski definition) is 0. The van der Waals surface area contributed by atoms with Crippen molar-refractivity contribution in [3.63, 3.8) is 0 Å². The second-order valence-electron chi connectivity index (χ2n) is 0.289. The smallest absolute Gasteiger partial charge is 1.00 e. The van der Waals surface area contributed by atoms with Gasteiger partial charge in [0.05, 0.1) is 0 Å². The molecule has 0 saturated carbocycles. The third kappa shape index (κ3) is 49.6. The van der Waals surface area contributed by atoms with Crippen molar-refractivity contribution in [1.82, 2.24) is 0 Å². The molecular formula is C3H7Pd-. The van der Waals surface area contributed by atoms with Crippen LogP contribution in [0.5, 0.6) is 0 Å². The van der Waals surface area contributed by atoms with Gasteiger partial charge in [0.1, 0.15) is 0 Å². The summed E-state index contributed by atoms with van der Waals surface area (Å²) in [5.41, 5.74) is 0. The third-order valence-electron chi connectivity index (χ3n) is 0. The van der Waals surface area contributed by atoms with Gasteiger partial charge in [0.2, 0.25) is 0 Å². The average Bonchev–Trinajstić information content (AvgIpc) is 0.918. The third-order valence-corrected chi connectivity index (χ3v) is 0. The molecule has 0 saturated heterocycles. The average molecular weight is 150 g/mol. The van der Waals surface area contributed by atoms with Crippen LogP contribution >= 0.6 is 0 Å². The number of rotatable bonds is 0. The van der Waals surface area contributed by atoms with Crippen molar-refractivity contribution >= 4 is 0 Å². The van der Waals surface area contributed by atoms with E-state index in [0.717, 1.165) is 0 Å². The Balaban J connectivity index is -0.00000000667. The van der Waals surface area contributed by atoms with Gasteiger partial charge in [-0.3, -0.25) is 0 Å². The van der Waals surface area contributed by atoms with E-state index in [1.165, 1.54) is 6.08 Å². The number of allylic oxidation sites excluding steroid dienone is 1. The van der Waals surface area contributed by atoms with Crippen LogP contribution in [0, 0.1) is 6.92 Å². The largest absolute Gasteiger partial charge is 2.00 e. The monoisotopic (exact) mass is 149 g/mol. The van der Waals surface area contributed by atoms with Crippen LogP contribution in [-0.2, 0) is 20.4 Å². The molecule has 0 radical (unpaired) electrons. The van der Waals surface area contributed by atoms with Crippen molar-refractivity contribution in [2.45, 2.75) is 0 Å². The minimum atomic E-state index is 0. The van der Waals surface area contributed by atoms with Gasteiger partial charge < -0.3 is 2.85 Å². The summed E-state index contributed by atoms with van der Waals surface area (Å²) in [7, 11) is 0. The first-order chi connectivity index (χ1) is 1.41. The maximum Gasteiger partial charge on any atom is 2.00 e. The minimum Gasteiger partial charge on any atom is -1.00 e. The zero-order chi connectivity index (χ0) is 2.71. The second-order valence-corrected chi connectivity index (χ2v) is 0.289. The Labute approximate surface area is 43.5 Å². The fourth-order valence-corrected chi connectivity index (χ4v) is 0. The zero-order valence-corrected chi connectivity index (χ0v) is 3.86. The van der Waals surface area contributed by atoms with E-state index < -0.39 is 0 Å². The molecule has 1 heteroatoms. The molecule has 0 nitrogen and oxygen atoms in total. The summed E-state index contributed by atoms with van der Waals surface area (Å²) in [4.78, 5) is 0. The molecule has 0 aromatic carbocycles. The first kappa shape index (κ1) is 8.86. The Morgan fingerprint density at radius 1 is 2.00 bits per heavy atom. The molecule has 0 N–H and O–H groups in total. The summed E-state index contributed by atoms with van der Waals surface area (Å²) < 4.78 is 0. The van der Waals surface area contributed by atoms with Crippen LogP contribution in [0.15, 0.2) is 12.7 Å². The summed E-state index contributed by atoms with van der Waals surface area (Å²) in [6.07, 6.45) is 1.50. The molecule has 0 bridgehead atoms. The zero-order valence-electron chi connectivity index (χ0n) is 4.31. The maximum atomic E-state index is 3.25. The van der Waals surface area contributed by atoms with Crippen molar-refractivity contribution in [3.05, 3.63) is 19.6 Å². The molecule has 0 aliphatic heterocycles. The number of hydrogen-bond donors (Lipinski definition) is 0. The molecule has 4 heavy (non-hydrogen) atoms. The first-order valence-electron chi connectivity index (χ1n) is 0.816. The van der Waals surface area contributed by atoms with Crippen molar-refractivity contribution in [3.8, 4) is 0 Å². The summed E-state index contributed by atoms with van der Waals surface area (Å²) in [5, 5.41) is 0. The predicted octanol–water partition coefficient (Wildman–Crippen LogP) is 1.23. The van der Waals surface area contributed by atoms with Gasteiger partial charge in [-0.1, -0.05) is 0 Å². The van der Waals surface area contributed by atoms with Gasteiger partial charge in [0.25, 0.3) is 0 Å². The summed E-state index contributed by atoms with van der Waals surface area (Å²) in [6, 6.07) is 0. The van der Waals surface area contributed by atoms with Crippen molar-refractivity contribution < 1.29 is 23.3 Å². The van der Waals surface area contributed by atoms with E-state index >= 15 is 0 Å². The normalized spacial score (nSPS) is 3.00. The fourth-order valence-electron chi connectivity index (χ4n) is 0. The van der Waals surface area contributed by atoms with Crippen molar-refractivity contribution in [2.24, 2.45) is 0 Å². The summed E-state index contributed by atoms with van der Waals surface area (Å²) in [5.74, 6) is 0. The van der Waals surface area contributed by atoms with Gasteiger partial charge in [-0.05, 0) is 0 Å². The topological polar surface area (TPSA) is 0 Å². The van der Waals surface area contributed by atoms with Crippen LogP contribution in [0.25, 0.3) is 0 Å². The predicted molar refractivity (Wildman–Crippen MR) is 17.8 cm³/mol. The Bertz CT molecular complexity index is 16.3. The molecule has 0 aliphatic rings. The quantitative estimate of drug-likeness (QED) is 0.359. The van der Waals surface area contributed by atoms with Gasteiger partial charge in [0.15, 0.2) is 0 Å². The van der Waals surface area contributed by atoms with E-state index in [-0.39, 0.29) is 23.3 Å². The second kappa shape index (κ2) is 10.4. The van der Waals surface area contributed by atoms with Gasteiger partial charge in [-0.2, -0.15) is 0 Å². The Morgan fingerprint density at radius 2 is 2.00 bits per heavy atom. The van der Waals surface area contributed by atoms with Crippen LogP contribution in [0.2, 0.25) is 0 Å². The maximum absolute atomic E-state index is 3.25. The molecule has 0 aliphatic carbocycles. The summed E-state index contributed by atoms with van der Waals surface area (Å²) >= 11 is 0. The van der Waals surface area contributed by atoms with E-state index in [0.29, 0.717) is 0 Å². The van der Waals surface area contributed by atoms with Gasteiger partial charge >= 0.3 is 20.4 Å². The Morgan fingerprint density at radius 3 is 2.00 bits per heavy atom. The van der Waals surface area contributed by atoms with E-state index in [1.807, 2.05) is 0 Å². The molecule has 0 amide bonds. The molecule has 0 heterocycles. The van der Waals surface area contributed by atoms with Crippen LogP contribution in [-0.4, -0.2) is 0 Å². The molecule has 0 unspecified atom stereocenters. The van der Waals surface area contributed by atoms with E-state index in [4.69, 9.17) is 0 Å². The van der Waals surface area contributed by atoms with Crippen LogP contribution in [0.1, 0.15) is 2.85 Å². The summed E-state index contributed by atoms with van der Waals surface area (Å²) in [6.45, 7) is 6.50. The standard InChI is InChI=1S/C3H5.Pd.2H/c1-3-2;;;/h3H,1-2H2;;;/q-1;+2;2*-1. The first-order valence-corrected chi connectivity index (χ1v) is 0.816. The SMILES string of the molecule is C=C[CH2-].[H-].[H-].[Pd+2]. The Kier molecular flexibility index (Phi) is 23.1. The molecule has 0 rings (SSSR count). The molecule has 0 atom stereocenters. The van der Waals surface area contributed by atoms with E-state index in [9.17, 15) is 0 Å². The Hall–Kier alpha value is 0.272. The molecule has 0 aromatic rings. The van der Waals surface area contributed by atoms with E-state index in [2.05, 4.69) is 13.5 Å². The fraction of sp³-hybridized carbons (Fsp3) is 0. The van der Waals surface area contributed by atoms with Gasteiger partial charge in [-0.25, -0.2) is 19.6 Å². The molecule has 0 spiro atoms. The molecule has 0 aromatic heterocycles.